The second kappa shape index (κ2) is 68.7. The van der Waals surface area contributed by atoms with Gasteiger partial charge in [-0.1, -0.05) is 23.5 Å². The second-order valence-corrected chi connectivity index (χ2v) is 25.5. The zero-order valence-electron chi connectivity index (χ0n) is 59.5. The Morgan fingerprint density at radius 2 is 0.686 bits per heavy atom. The maximum absolute atomic E-state index is 10.4. The van der Waals surface area contributed by atoms with Crippen LogP contribution in [0.3, 0.4) is 0 Å². The molecule has 0 unspecified atom stereocenters. The number of nitrogens with zero attached hydrogens (tertiary/aromatic N) is 19. The smallest absolute Gasteiger partial charge is 0.361 e. The predicted molar refractivity (Wildman–Crippen MR) is 394 cm³/mol. The second-order valence-electron chi connectivity index (χ2n) is 17.0. The maximum Gasteiger partial charge on any atom is 0.361 e. The van der Waals surface area contributed by atoms with Gasteiger partial charge in [-0.15, -0.1) is 30.6 Å². The highest BCUT2D eigenvalue weighted by Gasteiger charge is 2.04. The first-order valence-electron chi connectivity index (χ1n) is 26.8. The minimum absolute atomic E-state index is 0.0231. The van der Waals surface area contributed by atoms with E-state index in [1.807, 2.05) is 87.2 Å². The monoisotopic (exact) mass is 1580 g/mol. The van der Waals surface area contributed by atoms with Crippen molar-refractivity contribution in [2.24, 2.45) is 91.7 Å². The number of Topliss-reactive ketones (excluding diaryl/α,β-unsaturated/α-hetero) is 6. The van der Waals surface area contributed by atoms with E-state index in [2.05, 4.69) is 192 Å². The van der Waals surface area contributed by atoms with E-state index < -0.39 is 16.9 Å². The zero-order valence-corrected chi connectivity index (χ0v) is 65.1. The fraction of sp³-hybridized carbons (Fsp3) is 0.426. The van der Waals surface area contributed by atoms with Gasteiger partial charge in [-0.2, -0.15) is 40.7 Å². The summed E-state index contributed by atoms with van der Waals surface area (Å²) in [6.07, 6.45) is 3.75. The molecule has 0 aromatic carbocycles. The van der Waals surface area contributed by atoms with Gasteiger partial charge in [-0.05, 0) is 141 Å². The summed E-state index contributed by atoms with van der Waals surface area (Å²) in [5.74, 6) is 48.4. The lowest BCUT2D eigenvalue weighted by Crippen LogP contribution is -2.37. The van der Waals surface area contributed by atoms with Crippen LogP contribution in [0, 0.1) is 83.1 Å². The lowest BCUT2D eigenvalue weighted by atomic mass is 10.3. The van der Waals surface area contributed by atoms with Crippen molar-refractivity contribution in [1.82, 2.24) is 102 Å². The highest BCUT2D eigenvalue weighted by molar-refractivity contribution is 8.24. The molecule has 6 rings (SSSR count). The molecule has 0 aliphatic rings. The highest BCUT2D eigenvalue weighted by Crippen LogP contribution is 2.61. The Bertz CT molecular complexity index is 3250. The molecule has 0 aliphatic heterocycles. The molecule has 6 aromatic rings. The molecule has 0 fully saturated rings. The minimum atomic E-state index is -3.22. The Kier molecular flexibility index (Phi) is 74.9. The van der Waals surface area contributed by atoms with Crippen LogP contribution in [0.1, 0.15) is 110 Å². The Labute approximate surface area is 615 Å². The van der Waals surface area contributed by atoms with E-state index in [4.69, 9.17) is 52.3 Å². The van der Waals surface area contributed by atoms with E-state index >= 15 is 0 Å². The minimum Gasteiger partial charge on any atom is -0.377 e. The van der Waals surface area contributed by atoms with Crippen molar-refractivity contribution in [3.63, 3.8) is 0 Å². The molecule has 0 spiro atoms. The number of urea groups is 1. The van der Waals surface area contributed by atoms with Gasteiger partial charge in [-0.25, -0.2) is 68.8 Å². The van der Waals surface area contributed by atoms with E-state index in [0.29, 0.717) is 28.7 Å². The third-order valence-electron chi connectivity index (χ3n) is 9.35. The molecule has 6 aromatic heterocycles. The number of aromatic amines is 1. The number of aryl methyl sites for hydroxylation is 12. The third-order valence-corrected chi connectivity index (χ3v) is 10.6. The number of primary amides is 1. The quantitative estimate of drug-likeness (QED) is 0.0121. The Balaban J connectivity index is -0.000000132. The molecule has 34 N–H and O–H groups in total. The molecule has 2 amide bonds. The summed E-state index contributed by atoms with van der Waals surface area (Å²) in [6.45, 7) is 29.7. The van der Waals surface area contributed by atoms with Gasteiger partial charge in [-0.3, -0.25) is 83.8 Å². The number of amidine groups is 1. The molecule has 576 valence electrons. The number of H-pyrrole nitrogens is 1. The Morgan fingerprint density at radius 3 is 0.843 bits per heavy atom. The number of ketones is 6. The lowest BCUT2D eigenvalue weighted by molar-refractivity contribution is -0.134. The van der Waals surface area contributed by atoms with Gasteiger partial charge in [0.2, 0.25) is 16.4 Å². The number of carbonyl (C=O) groups excluding carboxylic acids is 7. The third kappa shape index (κ3) is 74.8. The molecule has 102 heavy (non-hydrogen) atoms. The number of hydrazine groups is 7. The van der Waals surface area contributed by atoms with Crippen molar-refractivity contribution in [2.45, 2.75) is 130 Å². The Morgan fingerprint density at radius 1 is 0.422 bits per heavy atom. The van der Waals surface area contributed by atoms with E-state index in [1.54, 1.807) is 19.3 Å². The molecule has 0 radical (unpaired) electrons. The number of aromatic nitrogens is 18. The standard InChI is InChI=1S/C6H9N3S.C5H6ClN3.3C5H9N5.C5H7N3O.3C4H6O2.C2H7N3S.CH7N5.CH5N3O.Cl3OP.2H4N2/c1-4-5(2)8-9-6(7-4)10-3;1-3-4(2)8-9-5(6)7-3;3*1-3-4(2)9-10-5(7-3)8-6;1-3-4(2)7-8-5(9)6-3;3*1-3(5)4(2)6;1-6-2(3)5-4;2-1(5-3)6-4;2-1(5)4-3;1-5(2,3)4;2*1-2/h1-3H3;1-2H3;3*6H2,1-2H3,(H,7,8,10);1-2H3,(H,6,8,9);3*1-2H3;4H2,1H3,(H2,3,5);3-4H2,(H3,2,5,6);3H2,(H3,2,4,5);;2*1-2H2. The number of nitrogens with one attached hydrogen (secondary N) is 6. The molecule has 55 heteroatoms. The number of nitrogen functional groups attached to an aromatic ring is 3. The predicted octanol–water partition coefficient (Wildman–Crippen LogP) is -1.90. The first-order chi connectivity index (χ1) is 47.2. The fourth-order valence-electron chi connectivity index (χ4n) is 3.07. The van der Waals surface area contributed by atoms with Crippen LogP contribution < -0.4 is 114 Å². The number of anilines is 3. The van der Waals surface area contributed by atoms with E-state index in [9.17, 15) is 42.9 Å². The van der Waals surface area contributed by atoms with Crippen molar-refractivity contribution >= 4 is 144 Å². The SMILES string of the molecule is CC(=O)C(C)=O.CC(=O)C(C)=O.CC(=O)C(C)=O.CS/C(N)=N\N.CSc1nnc(C)c(C)n1.Cc1n[nH]c(=O)nc1C.Cc1nnc(Cl)nc1C.Cc1nnc(NN)nc1C.Cc1nnc(NN)nc1C.Cc1nnc(NN)nc1C.N/N=C(/N)NN.NN.NN.NNC(N)=O.O=P(Cl)(Cl)Cl. The fourth-order valence-corrected chi connectivity index (χ4v) is 3.69. The summed E-state index contributed by atoms with van der Waals surface area (Å²) in [5, 5.41) is 47.6. The molecule has 48 nitrogen and oxygen atoms in total. The molecular formula is C47H94Cl4N39O9PS2. The normalized spacial score (nSPS) is 9.19. The molecular weight excluding hydrogens is 1490 g/mol. The number of halogens is 4. The van der Waals surface area contributed by atoms with Gasteiger partial charge in [0, 0.05) is 41.5 Å². The number of thioether (sulfide) groups is 2. The number of amides is 2. The zero-order chi connectivity index (χ0) is 82.2. The van der Waals surface area contributed by atoms with Crippen LogP contribution in [0.4, 0.5) is 22.6 Å². The molecule has 6 heterocycles. The topological polar surface area (TPSA) is 838 Å². The van der Waals surface area contributed by atoms with Gasteiger partial charge in [0.1, 0.15) is 0 Å². The summed E-state index contributed by atoms with van der Waals surface area (Å²) in [7, 11) is 0. The summed E-state index contributed by atoms with van der Waals surface area (Å²) < 4.78 is 9.51. The number of hydrazone groups is 2. The van der Waals surface area contributed by atoms with E-state index in [-0.39, 0.29) is 45.9 Å². The number of nitrogens with two attached hydrogens (primary N) is 14. The summed E-state index contributed by atoms with van der Waals surface area (Å²) in [4.78, 5) is 102. The van der Waals surface area contributed by atoms with Crippen molar-refractivity contribution in [3.8, 4) is 0 Å². The van der Waals surface area contributed by atoms with Crippen LogP contribution in [0.2, 0.25) is 5.28 Å². The first-order valence-corrected chi connectivity index (χ1v) is 34.0. The van der Waals surface area contributed by atoms with Crippen molar-refractivity contribution in [3.05, 3.63) is 84.1 Å². The molecule has 0 atom stereocenters. The number of rotatable bonds is 7. The first kappa shape index (κ1) is 111. The van der Waals surface area contributed by atoms with Gasteiger partial charge >= 0.3 is 16.9 Å². The van der Waals surface area contributed by atoms with Crippen LogP contribution in [0.25, 0.3) is 0 Å². The number of hydrogen-bond acceptors (Lipinski definition) is 44. The van der Waals surface area contributed by atoms with Gasteiger partial charge in [0.05, 0.1) is 68.3 Å². The summed E-state index contributed by atoms with van der Waals surface area (Å²) in [5.41, 5.74) is 34.5. The van der Waals surface area contributed by atoms with Crippen LogP contribution >= 0.6 is 74.0 Å². The Hall–Kier alpha value is -9.38. The largest absolute Gasteiger partial charge is 0.377 e. The van der Waals surface area contributed by atoms with Crippen molar-refractivity contribution < 1.29 is 38.1 Å². The lowest BCUT2D eigenvalue weighted by Gasteiger charge is -1.98. The van der Waals surface area contributed by atoms with Crippen LogP contribution in [0.15, 0.2) is 20.2 Å². The summed E-state index contributed by atoms with van der Waals surface area (Å²) >= 11 is 22.1. The maximum atomic E-state index is 10.4. The number of carbonyl (C=O) groups is 7. The van der Waals surface area contributed by atoms with Crippen molar-refractivity contribution in [2.75, 3.05) is 28.8 Å². The molecule has 0 saturated carbocycles. The highest BCUT2D eigenvalue weighted by atomic mass is 36.0. The average molecular weight is 1590 g/mol. The van der Waals surface area contributed by atoms with E-state index in [1.165, 1.54) is 65.1 Å². The van der Waals surface area contributed by atoms with Crippen molar-refractivity contribution in [1.29, 1.82) is 0 Å². The molecule has 0 aliphatic carbocycles. The van der Waals surface area contributed by atoms with Gasteiger partial charge in [0.25, 0.3) is 17.8 Å². The van der Waals surface area contributed by atoms with Gasteiger partial charge in [0.15, 0.2) is 39.9 Å². The van der Waals surface area contributed by atoms with Crippen LogP contribution in [0.5, 0.6) is 0 Å². The summed E-state index contributed by atoms with van der Waals surface area (Å²) in [6, 6.07) is -0.718. The van der Waals surface area contributed by atoms with E-state index in [0.717, 1.165) is 67.8 Å². The van der Waals surface area contributed by atoms with Gasteiger partial charge < -0.3 is 28.9 Å². The van der Waals surface area contributed by atoms with Crippen LogP contribution in [-0.2, 0) is 33.3 Å². The van der Waals surface area contributed by atoms with Crippen LogP contribution in [-0.4, -0.2) is 155 Å². The molecule has 0 saturated heterocycles. The number of guanidine groups is 1. The number of hydrogen-bond donors (Lipinski definition) is 20. The average Bonchev–Trinajstić information content (AvgIpc) is 0.922. The molecule has 0 bridgehead atoms.